The molecule has 4 rings (SSSR count). The van der Waals surface area contributed by atoms with Crippen molar-refractivity contribution < 1.29 is 41.8 Å². The first-order valence-corrected chi connectivity index (χ1v) is 15.2. The highest BCUT2D eigenvalue weighted by Crippen LogP contribution is 2.53. The van der Waals surface area contributed by atoms with Gasteiger partial charge >= 0.3 is 25.4 Å². The molecule has 44 heavy (non-hydrogen) atoms. The van der Waals surface area contributed by atoms with Crippen LogP contribution in [-0.2, 0) is 28.1 Å². The van der Waals surface area contributed by atoms with Crippen molar-refractivity contribution in [3.8, 4) is 5.75 Å². The summed E-state index contributed by atoms with van der Waals surface area (Å²) < 4.78 is 59.8. The lowest BCUT2D eigenvalue weighted by Crippen LogP contribution is -2.46. The van der Waals surface area contributed by atoms with Crippen LogP contribution < -0.4 is 20.9 Å². The van der Waals surface area contributed by atoms with Crippen molar-refractivity contribution in [3.63, 3.8) is 0 Å². The molecule has 2 aromatic carbocycles. The topological polar surface area (TPSA) is 164 Å². The fraction of sp³-hybridized carbons (Fsp3) is 0.379. The molecule has 0 unspecified atom stereocenters. The highest BCUT2D eigenvalue weighted by Gasteiger charge is 2.59. The van der Waals surface area contributed by atoms with Crippen molar-refractivity contribution >= 4 is 19.7 Å². The van der Waals surface area contributed by atoms with Gasteiger partial charge in [0.25, 0.3) is 5.56 Å². The summed E-state index contributed by atoms with van der Waals surface area (Å²) in [5.74, 6) is -1.48. The summed E-state index contributed by atoms with van der Waals surface area (Å²) in [5.41, 5.74) is -4.15. The molecule has 0 aliphatic carbocycles. The average molecular weight is 634 g/mol. The Hall–Kier alpha value is -4.10. The molecule has 13 nitrogen and oxygen atoms in total. The van der Waals surface area contributed by atoms with E-state index in [2.05, 4.69) is 5.09 Å². The Morgan fingerprint density at radius 1 is 1.07 bits per heavy atom. The van der Waals surface area contributed by atoms with E-state index in [0.29, 0.717) is 0 Å². The molecule has 6 atom stereocenters. The number of halogens is 1. The Kier molecular flexibility index (Phi) is 10.2. The minimum atomic E-state index is -4.66. The Labute approximate surface area is 251 Å². The number of nitrogens with one attached hydrogen (secondary N) is 2. The number of carbonyl (C=O) groups excluding carboxylic acids is 2. The minimum Gasteiger partial charge on any atom is -0.462 e. The van der Waals surface area contributed by atoms with Gasteiger partial charge < -0.3 is 18.7 Å². The lowest BCUT2D eigenvalue weighted by Gasteiger charge is -2.31. The lowest BCUT2D eigenvalue weighted by atomic mass is 9.98. The second-order valence-electron chi connectivity index (χ2n) is 10.4. The van der Waals surface area contributed by atoms with Gasteiger partial charge in [-0.15, -0.1) is 0 Å². The molecule has 0 amide bonds. The summed E-state index contributed by atoms with van der Waals surface area (Å²) >= 11 is 0. The Balaban J connectivity index is 1.69. The maximum atomic E-state index is 16.8. The van der Waals surface area contributed by atoms with Crippen LogP contribution in [0.2, 0.25) is 0 Å². The number of ether oxygens (including phenoxy) is 3. The van der Waals surface area contributed by atoms with E-state index in [9.17, 15) is 23.7 Å². The molecular weight excluding hydrogens is 600 g/mol. The third-order valence-corrected chi connectivity index (χ3v) is 8.11. The molecule has 1 aliphatic heterocycles. The first-order chi connectivity index (χ1) is 20.8. The molecule has 0 bridgehead atoms. The number of hydrogen-bond donors (Lipinski definition) is 2. The molecular formula is C29H33FN3O10P. The van der Waals surface area contributed by atoms with Gasteiger partial charge in [0.15, 0.2) is 11.9 Å². The zero-order chi connectivity index (χ0) is 32.1. The van der Waals surface area contributed by atoms with E-state index in [1.54, 1.807) is 50.2 Å². The van der Waals surface area contributed by atoms with Crippen LogP contribution in [0.15, 0.2) is 82.5 Å². The van der Waals surface area contributed by atoms with E-state index in [1.165, 1.54) is 31.2 Å². The minimum absolute atomic E-state index is 0.0627. The molecule has 1 saturated heterocycles. The number of aromatic nitrogens is 2. The fourth-order valence-electron chi connectivity index (χ4n) is 4.41. The van der Waals surface area contributed by atoms with Gasteiger partial charge in [0.1, 0.15) is 30.6 Å². The summed E-state index contributed by atoms with van der Waals surface area (Å²) in [6.07, 6.45) is -4.45. The molecule has 15 heteroatoms. The van der Waals surface area contributed by atoms with Gasteiger partial charge in [0.2, 0.25) is 0 Å². The molecule has 3 aromatic rings. The predicted octanol–water partition coefficient (Wildman–Crippen LogP) is 3.52. The molecule has 0 saturated carbocycles. The molecule has 0 spiro atoms. The number of aromatic amines is 1. The largest absolute Gasteiger partial charge is 0.462 e. The second-order valence-corrected chi connectivity index (χ2v) is 12.1. The number of rotatable bonds is 12. The summed E-state index contributed by atoms with van der Waals surface area (Å²) in [6.45, 7) is 5.05. The van der Waals surface area contributed by atoms with Gasteiger partial charge in [-0.05, 0) is 52.0 Å². The number of hydrogen-bond acceptors (Lipinski definition) is 10. The average Bonchev–Trinajstić information content (AvgIpc) is 3.20. The van der Waals surface area contributed by atoms with Crippen LogP contribution in [0.1, 0.15) is 44.3 Å². The van der Waals surface area contributed by atoms with Crippen LogP contribution in [0.3, 0.4) is 0 Å². The number of esters is 2. The predicted molar refractivity (Wildman–Crippen MR) is 155 cm³/mol. The standard InChI is InChI=1S/C29H33FN3O10P/c1-18(2)40-25(35)19(3)32-44(38,42-21-13-9-6-10-14-21)43-24-22(17-39-26(36)20-11-7-5-8-12-20)41-27(29(24,4)30)33-16-15-23(34)31-28(33)37/h5-16,18-19,22,24,27H,17H2,1-4H3,(H,32,38)(H,31,34,37)/t19-,22+,24+,27+,29+,44+/m0/s1. The van der Waals surface area contributed by atoms with E-state index in [1.807, 2.05) is 4.98 Å². The van der Waals surface area contributed by atoms with Gasteiger partial charge in [-0.2, -0.15) is 5.09 Å². The molecule has 236 valence electrons. The summed E-state index contributed by atoms with van der Waals surface area (Å²) in [4.78, 5) is 51.6. The van der Waals surface area contributed by atoms with E-state index in [4.69, 9.17) is 23.3 Å². The van der Waals surface area contributed by atoms with E-state index >= 15 is 4.39 Å². The molecule has 2 N–H and O–H groups in total. The van der Waals surface area contributed by atoms with Crippen LogP contribution in [0, 0.1) is 0 Å². The number of carbonyl (C=O) groups is 2. The molecule has 0 radical (unpaired) electrons. The van der Waals surface area contributed by atoms with Gasteiger partial charge in [-0.3, -0.25) is 23.7 Å². The maximum absolute atomic E-state index is 16.8. The van der Waals surface area contributed by atoms with E-state index < -0.39 is 73.8 Å². The van der Waals surface area contributed by atoms with Gasteiger partial charge in [0, 0.05) is 12.3 Å². The first kappa shape index (κ1) is 32.8. The first-order valence-electron chi connectivity index (χ1n) is 13.7. The van der Waals surface area contributed by atoms with Crippen LogP contribution >= 0.6 is 7.75 Å². The Bertz CT molecular complexity index is 1610. The molecule has 1 aliphatic rings. The second kappa shape index (κ2) is 13.7. The van der Waals surface area contributed by atoms with Gasteiger partial charge in [-0.25, -0.2) is 18.5 Å². The van der Waals surface area contributed by atoms with Crippen molar-refractivity contribution in [2.45, 2.75) is 63.9 Å². The molecule has 1 fully saturated rings. The highest BCUT2D eigenvalue weighted by molar-refractivity contribution is 7.52. The number of alkyl halides is 1. The zero-order valence-corrected chi connectivity index (χ0v) is 25.3. The van der Waals surface area contributed by atoms with Crippen molar-refractivity contribution in [2.24, 2.45) is 0 Å². The SMILES string of the molecule is CC(C)OC(=O)[C@H](C)N[P@@](=O)(Oc1ccccc1)O[C@@H]1[C@@H](COC(=O)c2ccccc2)O[C@@H](n2ccc(=O)[nH]c2=O)[C@]1(C)F. The van der Waals surface area contributed by atoms with Crippen molar-refractivity contribution in [1.29, 1.82) is 0 Å². The quantitative estimate of drug-likeness (QED) is 0.222. The van der Waals surface area contributed by atoms with Crippen molar-refractivity contribution in [2.75, 3.05) is 6.61 Å². The van der Waals surface area contributed by atoms with Crippen LogP contribution in [0.5, 0.6) is 5.75 Å². The summed E-state index contributed by atoms with van der Waals surface area (Å²) in [7, 11) is -4.66. The van der Waals surface area contributed by atoms with Gasteiger partial charge in [0.05, 0.1) is 11.7 Å². The summed E-state index contributed by atoms with van der Waals surface area (Å²) in [5, 5.41) is 2.49. The monoisotopic (exact) mass is 633 g/mol. The highest BCUT2D eigenvalue weighted by atomic mass is 31.2. The van der Waals surface area contributed by atoms with Crippen molar-refractivity contribution in [1.82, 2.24) is 14.6 Å². The number of para-hydroxylation sites is 1. The molecule has 1 aromatic heterocycles. The Morgan fingerprint density at radius 3 is 2.32 bits per heavy atom. The normalized spacial score (nSPS) is 23.5. The molecule has 2 heterocycles. The maximum Gasteiger partial charge on any atom is 0.459 e. The number of nitrogens with zero attached hydrogens (tertiary/aromatic N) is 1. The van der Waals surface area contributed by atoms with E-state index in [-0.39, 0.29) is 11.3 Å². The van der Waals surface area contributed by atoms with Crippen LogP contribution in [0.25, 0.3) is 0 Å². The third kappa shape index (κ3) is 7.88. The lowest BCUT2D eigenvalue weighted by molar-refractivity contribution is -0.149. The number of benzene rings is 2. The fourth-order valence-corrected chi connectivity index (χ4v) is 6.19. The number of H-pyrrole nitrogens is 1. The Morgan fingerprint density at radius 2 is 1.70 bits per heavy atom. The van der Waals surface area contributed by atoms with Gasteiger partial charge in [-0.1, -0.05) is 36.4 Å². The van der Waals surface area contributed by atoms with Crippen molar-refractivity contribution in [3.05, 3.63) is 99.3 Å². The third-order valence-electron chi connectivity index (χ3n) is 6.45. The summed E-state index contributed by atoms with van der Waals surface area (Å²) in [6, 6.07) is 15.5. The van der Waals surface area contributed by atoms with E-state index in [0.717, 1.165) is 23.8 Å². The zero-order valence-electron chi connectivity index (χ0n) is 24.4. The van der Waals surface area contributed by atoms with Crippen LogP contribution in [0.4, 0.5) is 4.39 Å². The smallest absolute Gasteiger partial charge is 0.459 e. The van der Waals surface area contributed by atoms with Crippen LogP contribution in [-0.4, -0.2) is 58.1 Å².